The molecule has 1 unspecified atom stereocenters. The Morgan fingerprint density at radius 1 is 1.12 bits per heavy atom. The van der Waals surface area contributed by atoms with Crippen LogP contribution < -0.4 is 15.4 Å². The summed E-state index contributed by atoms with van der Waals surface area (Å²) < 4.78 is 6.21. The van der Waals surface area contributed by atoms with Crippen molar-refractivity contribution in [2.24, 2.45) is 4.99 Å². The summed E-state index contributed by atoms with van der Waals surface area (Å²) in [6, 6.07) is 6.41. The van der Waals surface area contributed by atoms with Crippen molar-refractivity contribution in [3.63, 3.8) is 0 Å². The second-order valence-corrected chi connectivity index (χ2v) is 8.49. The fourth-order valence-electron chi connectivity index (χ4n) is 3.44. The summed E-state index contributed by atoms with van der Waals surface area (Å²) in [7, 11) is 0. The highest BCUT2D eigenvalue weighted by molar-refractivity contribution is 6.02. The fraction of sp³-hybridized carbons (Fsp3) is 0.591. The topological polar surface area (TPSA) is 45.6 Å². The SMILES string of the molecule is CCCCCCCC1N=C2Oc3cc(C(C)(C)C)ccc3NC2=C(C)N1. The van der Waals surface area contributed by atoms with E-state index in [1.54, 1.807) is 0 Å². The van der Waals surface area contributed by atoms with Crippen LogP contribution in [-0.4, -0.2) is 12.1 Å². The highest BCUT2D eigenvalue weighted by atomic mass is 16.5. The zero-order valence-corrected chi connectivity index (χ0v) is 16.9. The molecule has 2 aliphatic heterocycles. The van der Waals surface area contributed by atoms with Crippen LogP contribution in [0.5, 0.6) is 5.75 Å². The Hall–Kier alpha value is -1.97. The summed E-state index contributed by atoms with van der Waals surface area (Å²) in [5.41, 5.74) is 4.44. The smallest absolute Gasteiger partial charge is 0.242 e. The zero-order chi connectivity index (χ0) is 18.7. The van der Waals surface area contributed by atoms with E-state index in [0.29, 0.717) is 0 Å². The Morgan fingerprint density at radius 3 is 2.62 bits per heavy atom. The number of hydrogen-bond donors (Lipinski definition) is 2. The molecule has 4 heteroatoms. The number of anilines is 1. The van der Waals surface area contributed by atoms with Gasteiger partial charge in [0.2, 0.25) is 5.90 Å². The first-order valence-corrected chi connectivity index (χ1v) is 10.0. The predicted octanol–water partition coefficient (Wildman–Crippen LogP) is 5.71. The summed E-state index contributed by atoms with van der Waals surface area (Å²) in [5.74, 6) is 1.59. The zero-order valence-electron chi connectivity index (χ0n) is 16.9. The van der Waals surface area contributed by atoms with Crippen LogP contribution in [0.15, 0.2) is 34.6 Å². The Balaban J connectivity index is 1.72. The highest BCUT2D eigenvalue weighted by Gasteiger charge is 2.28. The highest BCUT2D eigenvalue weighted by Crippen LogP contribution is 2.36. The van der Waals surface area contributed by atoms with Gasteiger partial charge in [-0.05, 0) is 42.9 Å². The van der Waals surface area contributed by atoms with Crippen molar-refractivity contribution in [2.75, 3.05) is 5.32 Å². The monoisotopic (exact) mass is 355 g/mol. The van der Waals surface area contributed by atoms with Crippen LogP contribution in [-0.2, 0) is 5.41 Å². The first-order valence-electron chi connectivity index (χ1n) is 10.0. The Bertz CT molecular complexity index is 713. The van der Waals surface area contributed by atoms with E-state index >= 15 is 0 Å². The molecule has 3 rings (SSSR count). The van der Waals surface area contributed by atoms with Crippen molar-refractivity contribution in [1.82, 2.24) is 5.32 Å². The maximum absolute atomic E-state index is 6.21. The molecule has 4 nitrogen and oxygen atoms in total. The molecule has 142 valence electrons. The van der Waals surface area contributed by atoms with E-state index in [2.05, 4.69) is 63.5 Å². The molecule has 2 aliphatic rings. The molecule has 0 radical (unpaired) electrons. The average molecular weight is 356 g/mol. The van der Waals surface area contributed by atoms with Gasteiger partial charge in [0.1, 0.15) is 11.9 Å². The van der Waals surface area contributed by atoms with Crippen LogP contribution in [0, 0.1) is 0 Å². The normalized spacial score (nSPS) is 19.0. The molecule has 1 atom stereocenters. The molecule has 0 bridgehead atoms. The third-order valence-electron chi connectivity index (χ3n) is 5.14. The molecule has 0 saturated carbocycles. The van der Waals surface area contributed by atoms with Gasteiger partial charge >= 0.3 is 0 Å². The van der Waals surface area contributed by atoms with Crippen molar-refractivity contribution in [3.8, 4) is 5.75 Å². The van der Waals surface area contributed by atoms with Gasteiger partial charge in [-0.25, -0.2) is 4.99 Å². The van der Waals surface area contributed by atoms with Crippen LogP contribution in [0.3, 0.4) is 0 Å². The molecule has 26 heavy (non-hydrogen) atoms. The molecular formula is C22H33N3O. The largest absolute Gasteiger partial charge is 0.435 e. The predicted molar refractivity (Wildman–Crippen MR) is 110 cm³/mol. The van der Waals surface area contributed by atoms with E-state index < -0.39 is 0 Å². The van der Waals surface area contributed by atoms with Crippen molar-refractivity contribution < 1.29 is 4.74 Å². The molecule has 0 aliphatic carbocycles. The van der Waals surface area contributed by atoms with Gasteiger partial charge in [0.15, 0.2) is 5.75 Å². The van der Waals surface area contributed by atoms with E-state index in [1.807, 2.05) is 0 Å². The second kappa shape index (κ2) is 7.73. The third-order valence-corrected chi connectivity index (χ3v) is 5.14. The third kappa shape index (κ3) is 4.22. The maximum Gasteiger partial charge on any atom is 0.242 e. The van der Waals surface area contributed by atoms with Crippen LogP contribution >= 0.6 is 0 Å². The van der Waals surface area contributed by atoms with Gasteiger partial charge in [0.05, 0.1) is 5.69 Å². The quantitative estimate of drug-likeness (QED) is 0.643. The number of nitrogens with zero attached hydrogens (tertiary/aromatic N) is 1. The van der Waals surface area contributed by atoms with Crippen molar-refractivity contribution >= 4 is 11.6 Å². The van der Waals surface area contributed by atoms with Crippen molar-refractivity contribution in [2.45, 2.75) is 84.7 Å². The number of aliphatic imine (C=N–C) groups is 1. The van der Waals surface area contributed by atoms with E-state index in [1.165, 1.54) is 37.7 Å². The number of ether oxygens (including phenoxy) is 1. The molecular weight excluding hydrogens is 322 g/mol. The Morgan fingerprint density at radius 2 is 1.88 bits per heavy atom. The van der Waals surface area contributed by atoms with Gasteiger partial charge in [0.25, 0.3) is 0 Å². The maximum atomic E-state index is 6.21. The number of unbranched alkanes of at least 4 members (excludes halogenated alkanes) is 4. The standard InChI is InChI=1S/C22H33N3O/c1-6-7-8-9-10-11-19-23-15(2)20-21(25-19)26-18-14-16(22(3,4)5)12-13-17(18)24-20/h12-14,19,23-24H,6-11H2,1-5H3. The lowest BCUT2D eigenvalue weighted by molar-refractivity contribution is 0.462. The van der Waals surface area contributed by atoms with Gasteiger partial charge < -0.3 is 15.4 Å². The lowest BCUT2D eigenvalue weighted by atomic mass is 9.87. The summed E-state index contributed by atoms with van der Waals surface area (Å²) in [4.78, 5) is 4.83. The van der Waals surface area contributed by atoms with Crippen LogP contribution in [0.4, 0.5) is 5.69 Å². The lowest BCUT2D eigenvalue weighted by Gasteiger charge is -2.31. The minimum atomic E-state index is 0.0986. The average Bonchev–Trinajstić information content (AvgIpc) is 2.59. The number of fused-ring (bicyclic) bond motifs is 2. The summed E-state index contributed by atoms with van der Waals surface area (Å²) in [5, 5.41) is 7.02. The molecule has 1 aromatic carbocycles. The van der Waals surface area contributed by atoms with Crippen molar-refractivity contribution in [3.05, 3.63) is 35.2 Å². The fourth-order valence-corrected chi connectivity index (χ4v) is 3.44. The number of benzene rings is 1. The van der Waals surface area contributed by atoms with Gasteiger partial charge in [-0.3, -0.25) is 0 Å². The second-order valence-electron chi connectivity index (χ2n) is 8.49. The van der Waals surface area contributed by atoms with Crippen LogP contribution in [0.25, 0.3) is 0 Å². The first kappa shape index (κ1) is 18.8. The van der Waals surface area contributed by atoms with Gasteiger partial charge in [0, 0.05) is 5.70 Å². The summed E-state index contributed by atoms with van der Waals surface area (Å²) in [6.07, 6.45) is 7.58. The van der Waals surface area contributed by atoms with Crippen LogP contribution in [0.2, 0.25) is 0 Å². The molecule has 0 aromatic heterocycles. The molecule has 0 saturated heterocycles. The number of nitrogens with one attached hydrogen (secondary N) is 2. The van der Waals surface area contributed by atoms with E-state index in [4.69, 9.17) is 9.73 Å². The van der Waals surface area contributed by atoms with E-state index in [9.17, 15) is 0 Å². The molecule has 2 N–H and O–H groups in total. The van der Waals surface area contributed by atoms with E-state index in [0.717, 1.165) is 35.1 Å². The number of rotatable bonds is 6. The Kier molecular flexibility index (Phi) is 5.59. The van der Waals surface area contributed by atoms with Crippen LogP contribution in [0.1, 0.15) is 78.7 Å². The molecule has 2 heterocycles. The molecule has 0 spiro atoms. The molecule has 0 fully saturated rings. The molecule has 0 amide bonds. The summed E-state index contributed by atoms with van der Waals surface area (Å²) >= 11 is 0. The minimum absolute atomic E-state index is 0.0986. The number of hydrogen-bond acceptors (Lipinski definition) is 4. The van der Waals surface area contributed by atoms with Gasteiger partial charge in [-0.15, -0.1) is 0 Å². The first-order chi connectivity index (χ1) is 12.4. The van der Waals surface area contributed by atoms with E-state index in [-0.39, 0.29) is 11.6 Å². The van der Waals surface area contributed by atoms with Gasteiger partial charge in [-0.1, -0.05) is 59.4 Å². The number of allylic oxidation sites excluding steroid dienone is 1. The molecule has 1 aromatic rings. The van der Waals surface area contributed by atoms with Gasteiger partial charge in [-0.2, -0.15) is 0 Å². The van der Waals surface area contributed by atoms with Crippen molar-refractivity contribution in [1.29, 1.82) is 0 Å². The minimum Gasteiger partial charge on any atom is -0.435 e. The summed E-state index contributed by atoms with van der Waals surface area (Å²) in [6.45, 7) is 11.0. The lowest BCUT2D eigenvalue weighted by Crippen LogP contribution is -2.39. The Labute approximate surface area is 158 Å².